The molecule has 2 aliphatic heterocycles. The van der Waals surface area contributed by atoms with Gasteiger partial charge in [-0.2, -0.15) is 0 Å². The van der Waals surface area contributed by atoms with Gasteiger partial charge in [-0.1, -0.05) is 70.0 Å². The summed E-state index contributed by atoms with van der Waals surface area (Å²) in [6.07, 6.45) is 6.38. The van der Waals surface area contributed by atoms with E-state index in [0.29, 0.717) is 70.0 Å². The summed E-state index contributed by atoms with van der Waals surface area (Å²) in [5.41, 5.74) is 3.67. The molecule has 5 aromatic rings. The highest BCUT2D eigenvalue weighted by atomic mass is 35.5. The topological polar surface area (TPSA) is 117 Å². The van der Waals surface area contributed by atoms with Gasteiger partial charge in [0.2, 0.25) is 10.0 Å². The van der Waals surface area contributed by atoms with Crippen LogP contribution in [-0.4, -0.2) is 47.3 Å². The quantitative estimate of drug-likeness (QED) is 0.158. The molecular formula is C35H33Cl2N5O4S2. The molecule has 5 fully saturated rings. The summed E-state index contributed by atoms with van der Waals surface area (Å²) in [7, 11) is -3.76. The predicted octanol–water partition coefficient (Wildman–Crippen LogP) is 7.80. The Balaban J connectivity index is 0.949. The zero-order valence-electron chi connectivity index (χ0n) is 26.1. The van der Waals surface area contributed by atoms with Crippen LogP contribution < -0.4 is 14.9 Å². The number of benzene rings is 3. The number of hydrogen-bond acceptors (Lipinski definition) is 9. The Kier molecular flexibility index (Phi) is 7.16. The third-order valence-electron chi connectivity index (χ3n) is 10.7. The normalized spacial score (nSPS) is 23.0. The number of halogens is 2. The van der Waals surface area contributed by atoms with Crippen LogP contribution in [0.5, 0.6) is 0 Å². The summed E-state index contributed by atoms with van der Waals surface area (Å²) in [6, 6.07) is 15.9. The standard InChI is InChI=1S/C35H33Cl2N5O4S2/c1-35(11-12-35)48(44,45)41-33(43)24-16-28-30(23-6-3-2-5-22(23)24)39-34(47-28)42-20-13-19(14-21(42)15-20)38-17-25-31(40-46-32(25)18-9-10-18)29-26(36)7-4-8-27(29)37/h2-8,16,18-21,38H,9-15,17H2,1H3,(H,41,43). The maximum Gasteiger partial charge on any atom is 0.265 e. The van der Waals surface area contributed by atoms with Gasteiger partial charge in [0.15, 0.2) is 5.13 Å². The van der Waals surface area contributed by atoms with Crippen LogP contribution in [0.2, 0.25) is 10.0 Å². The van der Waals surface area contributed by atoms with Gasteiger partial charge in [-0.25, -0.2) is 18.1 Å². The number of carbonyl (C=O) groups is 1. The molecule has 1 amide bonds. The molecule has 2 saturated heterocycles. The van der Waals surface area contributed by atoms with Crippen LogP contribution >= 0.6 is 34.5 Å². The lowest BCUT2D eigenvalue weighted by Crippen LogP contribution is -2.64. The summed E-state index contributed by atoms with van der Waals surface area (Å²) in [5.74, 6) is 0.737. The average molecular weight is 723 g/mol. The SMILES string of the molecule is CC1(S(=O)(=O)NC(=O)c2cc3sc(N4C5CC(NCc6c(-c7c(Cl)cccc7Cl)noc6C6CC6)CC4C5)nc3c3ccccc23)CC1. The van der Waals surface area contributed by atoms with Crippen molar-refractivity contribution in [2.75, 3.05) is 4.90 Å². The smallest absolute Gasteiger partial charge is 0.265 e. The Morgan fingerprint density at radius 1 is 1.04 bits per heavy atom. The molecule has 248 valence electrons. The fourth-order valence-electron chi connectivity index (χ4n) is 7.47. The molecule has 0 spiro atoms. The number of hydrogen-bond donors (Lipinski definition) is 2. The lowest BCUT2D eigenvalue weighted by Gasteiger charge is -2.55. The molecule has 2 N–H and O–H groups in total. The Labute approximate surface area is 292 Å². The minimum absolute atomic E-state index is 0.322. The van der Waals surface area contributed by atoms with Gasteiger partial charge in [0, 0.05) is 52.7 Å². The van der Waals surface area contributed by atoms with E-state index in [1.54, 1.807) is 24.3 Å². The summed E-state index contributed by atoms with van der Waals surface area (Å²) < 4.78 is 34.0. The number of carbonyl (C=O) groups excluding carboxylic acids is 1. The number of sulfonamides is 1. The van der Waals surface area contributed by atoms with Crippen molar-refractivity contribution in [2.24, 2.45) is 0 Å². The number of rotatable bonds is 9. The molecule has 2 bridgehead atoms. The molecule has 2 unspecified atom stereocenters. The van der Waals surface area contributed by atoms with Crippen LogP contribution in [0, 0.1) is 0 Å². The third kappa shape index (κ3) is 5.04. The summed E-state index contributed by atoms with van der Waals surface area (Å²) in [5, 5.41) is 11.9. The van der Waals surface area contributed by atoms with Gasteiger partial charge >= 0.3 is 0 Å². The van der Waals surface area contributed by atoms with Gasteiger partial charge in [-0.05, 0) is 75.5 Å². The van der Waals surface area contributed by atoms with Crippen molar-refractivity contribution < 1.29 is 17.7 Å². The number of nitrogens with zero attached hydrogens (tertiary/aromatic N) is 3. The highest BCUT2D eigenvalue weighted by Gasteiger charge is 2.51. The largest absolute Gasteiger partial charge is 0.360 e. The van der Waals surface area contributed by atoms with Crippen LogP contribution in [0.25, 0.3) is 32.2 Å². The number of thiazole rings is 1. The van der Waals surface area contributed by atoms with Gasteiger partial charge in [-0.15, -0.1) is 0 Å². The number of anilines is 1. The maximum absolute atomic E-state index is 13.4. The first-order valence-corrected chi connectivity index (χ1v) is 19.5. The van der Waals surface area contributed by atoms with Crippen molar-refractivity contribution in [3.63, 3.8) is 0 Å². The second kappa shape index (κ2) is 11.1. The second-order valence-corrected chi connectivity index (χ2v) is 18.0. The van der Waals surface area contributed by atoms with Crippen molar-refractivity contribution in [3.8, 4) is 11.3 Å². The van der Waals surface area contributed by atoms with E-state index >= 15 is 0 Å². The van der Waals surface area contributed by atoms with E-state index < -0.39 is 20.7 Å². The van der Waals surface area contributed by atoms with E-state index in [-0.39, 0.29) is 0 Å². The van der Waals surface area contributed by atoms with Gasteiger partial charge < -0.3 is 14.7 Å². The van der Waals surface area contributed by atoms with E-state index in [1.165, 1.54) is 0 Å². The monoisotopic (exact) mass is 721 g/mol. The van der Waals surface area contributed by atoms with E-state index in [2.05, 4.69) is 20.1 Å². The Morgan fingerprint density at radius 2 is 1.75 bits per heavy atom. The molecule has 9 nitrogen and oxygen atoms in total. The molecule has 2 atom stereocenters. The van der Waals surface area contributed by atoms with Gasteiger partial charge in [-0.3, -0.25) is 4.79 Å². The number of fused-ring (bicyclic) bond motifs is 5. The average Bonchev–Trinajstić information content (AvgIpc) is 3.97. The molecule has 48 heavy (non-hydrogen) atoms. The van der Waals surface area contributed by atoms with Crippen molar-refractivity contribution in [2.45, 2.75) is 87.2 Å². The van der Waals surface area contributed by atoms with Crippen LogP contribution in [0.1, 0.15) is 79.5 Å². The molecule has 13 heteroatoms. The second-order valence-electron chi connectivity index (χ2n) is 13.9. The van der Waals surface area contributed by atoms with E-state index in [0.717, 1.165) is 69.9 Å². The molecule has 3 aromatic carbocycles. The van der Waals surface area contributed by atoms with Crippen LogP contribution in [0.3, 0.4) is 0 Å². The van der Waals surface area contributed by atoms with Crippen LogP contribution in [0.4, 0.5) is 5.13 Å². The van der Waals surface area contributed by atoms with Gasteiger partial charge in [0.25, 0.3) is 5.91 Å². The predicted molar refractivity (Wildman–Crippen MR) is 190 cm³/mol. The summed E-state index contributed by atoms with van der Waals surface area (Å²) >= 11 is 14.7. The third-order valence-corrected chi connectivity index (χ3v) is 14.5. The van der Waals surface area contributed by atoms with Crippen molar-refractivity contribution in [1.82, 2.24) is 20.2 Å². The van der Waals surface area contributed by atoms with Crippen molar-refractivity contribution in [1.29, 1.82) is 0 Å². The molecule has 2 aromatic heterocycles. The molecular weight excluding hydrogens is 689 g/mol. The highest BCUT2D eigenvalue weighted by Crippen LogP contribution is 2.48. The molecule has 10 rings (SSSR count). The Hall–Kier alpha value is -3.22. The minimum atomic E-state index is -3.76. The molecule has 3 saturated carbocycles. The van der Waals surface area contributed by atoms with E-state index in [1.807, 2.05) is 42.5 Å². The van der Waals surface area contributed by atoms with Crippen molar-refractivity contribution >= 4 is 76.6 Å². The van der Waals surface area contributed by atoms with Crippen LogP contribution in [0.15, 0.2) is 53.1 Å². The lowest BCUT2D eigenvalue weighted by atomic mass is 9.77. The fourth-order valence-corrected chi connectivity index (χ4v) is 10.4. The minimum Gasteiger partial charge on any atom is -0.360 e. The zero-order chi connectivity index (χ0) is 32.9. The fraction of sp³-hybridized carbons (Fsp3) is 0.400. The summed E-state index contributed by atoms with van der Waals surface area (Å²) in [6.45, 7) is 2.31. The van der Waals surface area contributed by atoms with E-state index in [9.17, 15) is 13.2 Å². The van der Waals surface area contributed by atoms with E-state index in [4.69, 9.17) is 32.7 Å². The highest BCUT2D eigenvalue weighted by molar-refractivity contribution is 7.91. The number of piperidine rings is 1. The molecule has 0 radical (unpaired) electrons. The zero-order valence-corrected chi connectivity index (χ0v) is 29.3. The lowest BCUT2D eigenvalue weighted by molar-refractivity contribution is 0.0982. The first kappa shape index (κ1) is 30.8. The molecule has 3 aliphatic carbocycles. The van der Waals surface area contributed by atoms with Gasteiger partial charge in [0.1, 0.15) is 11.5 Å². The molecule has 5 aliphatic rings. The number of nitrogens with one attached hydrogen (secondary N) is 2. The molecule has 4 heterocycles. The first-order chi connectivity index (χ1) is 23.1. The number of aromatic nitrogens is 2. The van der Waals surface area contributed by atoms with Crippen LogP contribution in [-0.2, 0) is 16.6 Å². The van der Waals surface area contributed by atoms with Gasteiger partial charge in [0.05, 0.1) is 25.0 Å². The Morgan fingerprint density at radius 3 is 2.44 bits per heavy atom. The number of amides is 1. The Bertz CT molecular complexity index is 2210. The maximum atomic E-state index is 13.4. The first-order valence-electron chi connectivity index (χ1n) is 16.4. The summed E-state index contributed by atoms with van der Waals surface area (Å²) in [4.78, 5) is 20.9. The van der Waals surface area contributed by atoms with Crippen molar-refractivity contribution in [3.05, 3.63) is 75.5 Å².